The molecule has 166 valence electrons. The maximum absolute atomic E-state index is 12.9. The Balaban J connectivity index is 1.62. The van der Waals surface area contributed by atoms with Crippen LogP contribution in [0.1, 0.15) is 68.8 Å². The Morgan fingerprint density at radius 2 is 1.64 bits per heavy atom. The molecule has 3 N–H and O–H groups in total. The van der Waals surface area contributed by atoms with E-state index in [1.807, 2.05) is 18.2 Å². The summed E-state index contributed by atoms with van der Waals surface area (Å²) in [6.45, 7) is 4.92. The zero-order valence-electron chi connectivity index (χ0n) is 18.8. The molecule has 0 fully saturated rings. The van der Waals surface area contributed by atoms with Gasteiger partial charge in [-0.2, -0.15) is 0 Å². The fourth-order valence-electron chi connectivity index (χ4n) is 4.17. The third-order valence-electron chi connectivity index (χ3n) is 6.23. The summed E-state index contributed by atoms with van der Waals surface area (Å²) < 4.78 is 0. The minimum atomic E-state index is -0.970. The quantitative estimate of drug-likeness (QED) is 0.374. The van der Waals surface area contributed by atoms with E-state index >= 15 is 0 Å². The van der Waals surface area contributed by atoms with Crippen molar-refractivity contribution in [1.29, 1.82) is 0 Å². The molecule has 0 atom stereocenters. The van der Waals surface area contributed by atoms with Crippen LogP contribution in [0, 0.1) is 0 Å². The van der Waals surface area contributed by atoms with Crippen LogP contribution in [0.4, 0.5) is 0 Å². The van der Waals surface area contributed by atoms with Crippen molar-refractivity contribution in [3.63, 3.8) is 0 Å². The third kappa shape index (κ3) is 4.71. The SMILES string of the molecule is CC1(C)CC=C(c2ccc(CN)cc2)c2ccc(C(=O)C=Cc3ccc(C(=O)O)cc3)cc21. The van der Waals surface area contributed by atoms with Gasteiger partial charge in [-0.3, -0.25) is 4.79 Å². The van der Waals surface area contributed by atoms with Gasteiger partial charge in [-0.25, -0.2) is 4.79 Å². The first-order valence-electron chi connectivity index (χ1n) is 11.0. The molecule has 1 aliphatic rings. The van der Waals surface area contributed by atoms with Crippen LogP contribution in [0.15, 0.2) is 78.9 Å². The largest absolute Gasteiger partial charge is 0.478 e. The van der Waals surface area contributed by atoms with Crippen LogP contribution in [0.5, 0.6) is 0 Å². The molecule has 0 spiro atoms. The van der Waals surface area contributed by atoms with Crippen molar-refractivity contribution in [2.75, 3.05) is 0 Å². The first-order valence-corrected chi connectivity index (χ1v) is 11.0. The van der Waals surface area contributed by atoms with Gasteiger partial charge in [0.15, 0.2) is 5.78 Å². The number of allylic oxidation sites excluding steroid dienone is 2. The fourth-order valence-corrected chi connectivity index (χ4v) is 4.17. The Bertz CT molecular complexity index is 1260. The molecule has 0 heterocycles. The van der Waals surface area contributed by atoms with E-state index in [0.29, 0.717) is 12.1 Å². The van der Waals surface area contributed by atoms with Crippen molar-refractivity contribution >= 4 is 23.4 Å². The number of hydrogen-bond acceptors (Lipinski definition) is 3. The molecule has 0 aliphatic heterocycles. The summed E-state index contributed by atoms with van der Waals surface area (Å²) >= 11 is 0. The predicted octanol–water partition coefficient (Wildman–Crippen LogP) is 5.85. The summed E-state index contributed by atoms with van der Waals surface area (Å²) in [6.07, 6.45) is 6.41. The molecule has 0 saturated carbocycles. The lowest BCUT2D eigenvalue weighted by Gasteiger charge is -2.32. The molecule has 0 unspecified atom stereocenters. The number of carbonyl (C=O) groups is 2. The van der Waals surface area contributed by atoms with Gasteiger partial charge in [0.1, 0.15) is 0 Å². The van der Waals surface area contributed by atoms with Crippen molar-refractivity contribution in [3.05, 3.63) is 118 Å². The van der Waals surface area contributed by atoms with Crippen molar-refractivity contribution in [2.24, 2.45) is 5.73 Å². The van der Waals surface area contributed by atoms with Gasteiger partial charge in [0.05, 0.1) is 5.56 Å². The lowest BCUT2D eigenvalue weighted by molar-refractivity contribution is 0.0696. The van der Waals surface area contributed by atoms with E-state index in [2.05, 4.69) is 44.2 Å². The summed E-state index contributed by atoms with van der Waals surface area (Å²) in [6, 6.07) is 20.7. The minimum Gasteiger partial charge on any atom is -0.478 e. The molecule has 0 bridgehead atoms. The van der Waals surface area contributed by atoms with E-state index in [9.17, 15) is 9.59 Å². The summed E-state index contributed by atoms with van der Waals surface area (Å²) in [4.78, 5) is 23.9. The van der Waals surface area contributed by atoms with Gasteiger partial charge in [-0.05, 0) is 69.5 Å². The maximum Gasteiger partial charge on any atom is 0.335 e. The number of carbonyl (C=O) groups excluding carboxylic acids is 1. The van der Waals surface area contributed by atoms with E-state index in [-0.39, 0.29) is 16.8 Å². The Kier molecular flexibility index (Phi) is 6.12. The van der Waals surface area contributed by atoms with Gasteiger partial charge in [0.25, 0.3) is 0 Å². The zero-order chi connectivity index (χ0) is 23.6. The molecule has 4 nitrogen and oxygen atoms in total. The Morgan fingerprint density at radius 3 is 2.27 bits per heavy atom. The minimum absolute atomic E-state index is 0.0807. The topological polar surface area (TPSA) is 80.4 Å². The molecule has 0 aromatic heterocycles. The highest BCUT2D eigenvalue weighted by atomic mass is 16.4. The van der Waals surface area contributed by atoms with E-state index in [0.717, 1.165) is 34.2 Å². The highest BCUT2D eigenvalue weighted by Gasteiger charge is 2.29. The van der Waals surface area contributed by atoms with E-state index < -0.39 is 5.97 Å². The number of ketones is 1. The molecule has 4 rings (SSSR count). The molecule has 3 aromatic rings. The Hall–Kier alpha value is -3.76. The molecule has 3 aromatic carbocycles. The number of fused-ring (bicyclic) bond motifs is 1. The van der Waals surface area contributed by atoms with Crippen LogP contribution >= 0.6 is 0 Å². The second-order valence-electron chi connectivity index (χ2n) is 8.99. The molecule has 4 heteroatoms. The summed E-state index contributed by atoms with van der Waals surface area (Å²) in [5.41, 5.74) is 13.0. The van der Waals surface area contributed by atoms with E-state index in [4.69, 9.17) is 10.8 Å². The van der Waals surface area contributed by atoms with Crippen LogP contribution in [0.2, 0.25) is 0 Å². The molecular weight excluding hydrogens is 410 g/mol. The smallest absolute Gasteiger partial charge is 0.335 e. The van der Waals surface area contributed by atoms with Crippen LogP contribution < -0.4 is 5.73 Å². The van der Waals surface area contributed by atoms with Crippen molar-refractivity contribution < 1.29 is 14.7 Å². The van der Waals surface area contributed by atoms with Gasteiger partial charge < -0.3 is 10.8 Å². The van der Waals surface area contributed by atoms with Crippen LogP contribution in [-0.4, -0.2) is 16.9 Å². The average molecular weight is 438 g/mol. The summed E-state index contributed by atoms with van der Waals surface area (Å²) in [5, 5.41) is 9.02. The standard InChI is InChI=1S/C29H27NO3/c1-29(2)16-15-24(21-8-5-20(18-30)6-9-21)25-13-12-23(17-26(25)29)27(31)14-7-19-3-10-22(11-4-19)28(32)33/h3-15,17H,16,18,30H2,1-2H3,(H,32,33). The highest BCUT2D eigenvalue weighted by Crippen LogP contribution is 2.41. The maximum atomic E-state index is 12.9. The lowest BCUT2D eigenvalue weighted by atomic mass is 9.71. The number of hydrogen-bond donors (Lipinski definition) is 2. The predicted molar refractivity (Wildman–Crippen MR) is 132 cm³/mol. The number of aromatic carboxylic acids is 1. The second kappa shape index (κ2) is 9.00. The number of carboxylic acids is 1. The summed E-state index contributed by atoms with van der Waals surface area (Å²) in [5.74, 6) is -1.05. The van der Waals surface area contributed by atoms with Gasteiger partial charge in [0, 0.05) is 12.1 Å². The van der Waals surface area contributed by atoms with Gasteiger partial charge in [-0.15, -0.1) is 0 Å². The molecule has 1 aliphatic carbocycles. The lowest BCUT2D eigenvalue weighted by Crippen LogP contribution is -2.22. The number of nitrogens with two attached hydrogens (primary N) is 1. The highest BCUT2D eigenvalue weighted by molar-refractivity contribution is 6.07. The van der Waals surface area contributed by atoms with Crippen LogP contribution in [-0.2, 0) is 12.0 Å². The van der Waals surface area contributed by atoms with Gasteiger partial charge in [-0.1, -0.05) is 74.5 Å². The molecule has 33 heavy (non-hydrogen) atoms. The molecule has 0 radical (unpaired) electrons. The first-order chi connectivity index (χ1) is 15.8. The van der Waals surface area contributed by atoms with Crippen molar-refractivity contribution in [1.82, 2.24) is 0 Å². The van der Waals surface area contributed by atoms with Crippen LogP contribution in [0.3, 0.4) is 0 Å². The van der Waals surface area contributed by atoms with Gasteiger partial charge >= 0.3 is 5.97 Å². The van der Waals surface area contributed by atoms with E-state index in [1.165, 1.54) is 23.8 Å². The normalized spacial score (nSPS) is 14.6. The number of benzene rings is 3. The number of rotatable bonds is 6. The second-order valence-corrected chi connectivity index (χ2v) is 8.99. The molecule has 0 amide bonds. The monoisotopic (exact) mass is 437 g/mol. The third-order valence-corrected chi connectivity index (χ3v) is 6.23. The molecular formula is C29H27NO3. The summed E-state index contributed by atoms with van der Waals surface area (Å²) in [7, 11) is 0. The van der Waals surface area contributed by atoms with Crippen LogP contribution in [0.25, 0.3) is 11.6 Å². The average Bonchev–Trinajstić information content (AvgIpc) is 2.83. The molecule has 0 saturated heterocycles. The number of carboxylic acid groups (broad SMARTS) is 1. The van der Waals surface area contributed by atoms with E-state index in [1.54, 1.807) is 18.2 Å². The Morgan fingerprint density at radius 1 is 0.970 bits per heavy atom. The first kappa shape index (κ1) is 22.4. The Labute approximate surface area is 194 Å². The fraction of sp³-hybridized carbons (Fsp3) is 0.172. The van der Waals surface area contributed by atoms with Crippen molar-refractivity contribution in [3.8, 4) is 0 Å². The van der Waals surface area contributed by atoms with Crippen molar-refractivity contribution in [2.45, 2.75) is 32.2 Å². The van der Waals surface area contributed by atoms with Gasteiger partial charge in [0.2, 0.25) is 0 Å². The zero-order valence-corrected chi connectivity index (χ0v) is 18.8.